The minimum absolute atomic E-state index is 0.209. The van der Waals surface area contributed by atoms with Crippen molar-refractivity contribution >= 4 is 23.4 Å². The zero-order valence-corrected chi connectivity index (χ0v) is 13.6. The first kappa shape index (κ1) is 16.1. The van der Waals surface area contributed by atoms with Gasteiger partial charge >= 0.3 is 0 Å². The Bertz CT molecular complexity index is 421. The Hall–Kier alpha value is -0.250. The number of halogens is 2. The number of likely N-dealkylation sites (N-methyl/N-ethyl adjacent to an activating group) is 1. The Kier molecular flexibility index (Phi) is 6.66. The fourth-order valence-electron chi connectivity index (χ4n) is 2.69. The standard InChI is InChI=1S/C16H23ClFNS/c1-19-14(11-20-15-5-3-2-4-6-15)10-12-9-13(18)7-8-16(12)17/h7-9,14-15,19H,2-6,10-11H2,1H3. The molecule has 1 aliphatic rings. The molecular weight excluding hydrogens is 293 g/mol. The molecule has 4 heteroatoms. The molecule has 0 aromatic heterocycles. The van der Waals surface area contributed by atoms with Crippen molar-refractivity contribution in [3.05, 3.63) is 34.6 Å². The van der Waals surface area contributed by atoms with Crippen LogP contribution in [0.25, 0.3) is 0 Å². The number of hydrogen-bond acceptors (Lipinski definition) is 2. The van der Waals surface area contributed by atoms with Crippen molar-refractivity contribution in [1.82, 2.24) is 5.32 Å². The molecule has 1 nitrogen and oxygen atoms in total. The van der Waals surface area contributed by atoms with Gasteiger partial charge in [-0.2, -0.15) is 11.8 Å². The Morgan fingerprint density at radius 2 is 2.10 bits per heavy atom. The molecule has 1 fully saturated rings. The first-order valence-electron chi connectivity index (χ1n) is 7.42. The van der Waals surface area contributed by atoms with Crippen molar-refractivity contribution < 1.29 is 4.39 Å². The van der Waals surface area contributed by atoms with Crippen LogP contribution in [0.15, 0.2) is 18.2 Å². The summed E-state index contributed by atoms with van der Waals surface area (Å²) in [6.45, 7) is 0. The fraction of sp³-hybridized carbons (Fsp3) is 0.625. The molecule has 1 N–H and O–H groups in total. The molecule has 1 saturated carbocycles. The molecule has 0 aliphatic heterocycles. The number of nitrogens with one attached hydrogen (secondary N) is 1. The molecule has 2 rings (SSSR count). The minimum Gasteiger partial charge on any atom is -0.316 e. The monoisotopic (exact) mass is 315 g/mol. The summed E-state index contributed by atoms with van der Waals surface area (Å²) in [7, 11) is 1.97. The normalized spacial score (nSPS) is 18.1. The maximum absolute atomic E-state index is 13.3. The van der Waals surface area contributed by atoms with E-state index in [4.69, 9.17) is 11.6 Å². The maximum atomic E-state index is 13.3. The Balaban J connectivity index is 1.86. The van der Waals surface area contributed by atoms with Gasteiger partial charge < -0.3 is 5.32 Å². The molecule has 1 unspecified atom stereocenters. The zero-order chi connectivity index (χ0) is 14.4. The van der Waals surface area contributed by atoms with Crippen LogP contribution in [0.5, 0.6) is 0 Å². The summed E-state index contributed by atoms with van der Waals surface area (Å²) in [5, 5.41) is 4.80. The van der Waals surface area contributed by atoms with Gasteiger partial charge in [-0.05, 0) is 50.1 Å². The van der Waals surface area contributed by atoms with E-state index < -0.39 is 0 Å². The van der Waals surface area contributed by atoms with Gasteiger partial charge in [-0.3, -0.25) is 0 Å². The zero-order valence-electron chi connectivity index (χ0n) is 12.0. The van der Waals surface area contributed by atoms with Gasteiger partial charge in [0.05, 0.1) is 0 Å². The molecule has 1 aromatic carbocycles. The third-order valence-corrected chi connectivity index (χ3v) is 5.87. The molecule has 1 atom stereocenters. The summed E-state index contributed by atoms with van der Waals surface area (Å²) in [6.07, 6.45) is 7.62. The minimum atomic E-state index is -0.209. The molecule has 112 valence electrons. The van der Waals surface area contributed by atoms with Gasteiger partial charge in [0.25, 0.3) is 0 Å². The SMILES string of the molecule is CNC(CSC1CCCCC1)Cc1cc(F)ccc1Cl. The van der Waals surface area contributed by atoms with Gasteiger partial charge in [0, 0.05) is 22.1 Å². The van der Waals surface area contributed by atoms with E-state index in [0.29, 0.717) is 11.1 Å². The summed E-state index contributed by atoms with van der Waals surface area (Å²) < 4.78 is 13.3. The number of thioether (sulfide) groups is 1. The fourth-order valence-corrected chi connectivity index (χ4v) is 4.34. The lowest BCUT2D eigenvalue weighted by atomic mass is 10.0. The molecule has 0 heterocycles. The average Bonchev–Trinajstić information content (AvgIpc) is 2.48. The first-order chi connectivity index (χ1) is 9.69. The molecular formula is C16H23ClFNS. The van der Waals surface area contributed by atoms with E-state index in [1.165, 1.54) is 38.2 Å². The van der Waals surface area contributed by atoms with Crippen LogP contribution in [0.1, 0.15) is 37.7 Å². The predicted octanol–water partition coefficient (Wildman–Crippen LogP) is 4.68. The molecule has 1 aromatic rings. The lowest BCUT2D eigenvalue weighted by Gasteiger charge is -2.24. The summed E-state index contributed by atoms with van der Waals surface area (Å²) in [5.41, 5.74) is 0.898. The number of benzene rings is 1. The van der Waals surface area contributed by atoms with Crippen LogP contribution in [0.2, 0.25) is 5.02 Å². The molecule has 0 saturated heterocycles. The largest absolute Gasteiger partial charge is 0.316 e. The molecule has 0 bridgehead atoms. The van der Waals surface area contributed by atoms with Crippen LogP contribution >= 0.6 is 23.4 Å². The highest BCUT2D eigenvalue weighted by Crippen LogP contribution is 2.29. The van der Waals surface area contributed by atoms with Crippen molar-refractivity contribution in [2.75, 3.05) is 12.8 Å². The smallest absolute Gasteiger partial charge is 0.123 e. The van der Waals surface area contributed by atoms with Crippen LogP contribution in [-0.4, -0.2) is 24.1 Å². The van der Waals surface area contributed by atoms with E-state index in [9.17, 15) is 4.39 Å². The number of hydrogen-bond donors (Lipinski definition) is 1. The van der Waals surface area contributed by atoms with Crippen molar-refractivity contribution in [2.24, 2.45) is 0 Å². The average molecular weight is 316 g/mol. The van der Waals surface area contributed by atoms with Crippen molar-refractivity contribution in [2.45, 2.75) is 49.8 Å². The lowest BCUT2D eigenvalue weighted by Crippen LogP contribution is -2.31. The third kappa shape index (κ3) is 4.94. The van der Waals surface area contributed by atoms with E-state index in [2.05, 4.69) is 17.1 Å². The topological polar surface area (TPSA) is 12.0 Å². The van der Waals surface area contributed by atoms with Gasteiger partial charge in [-0.1, -0.05) is 30.9 Å². The molecule has 20 heavy (non-hydrogen) atoms. The van der Waals surface area contributed by atoms with Gasteiger partial charge in [0.1, 0.15) is 5.82 Å². The van der Waals surface area contributed by atoms with Gasteiger partial charge in [0.15, 0.2) is 0 Å². The van der Waals surface area contributed by atoms with Gasteiger partial charge in [0.2, 0.25) is 0 Å². The Morgan fingerprint density at radius 3 is 2.80 bits per heavy atom. The van der Waals surface area contributed by atoms with E-state index in [1.807, 2.05) is 7.05 Å². The highest BCUT2D eigenvalue weighted by molar-refractivity contribution is 7.99. The summed E-state index contributed by atoms with van der Waals surface area (Å²) in [5.74, 6) is 0.854. The first-order valence-corrected chi connectivity index (χ1v) is 8.84. The maximum Gasteiger partial charge on any atom is 0.123 e. The summed E-state index contributed by atoms with van der Waals surface area (Å²) >= 11 is 8.20. The van der Waals surface area contributed by atoms with Crippen molar-refractivity contribution in [3.8, 4) is 0 Å². The lowest BCUT2D eigenvalue weighted by molar-refractivity contribution is 0.514. The van der Waals surface area contributed by atoms with E-state index in [1.54, 1.807) is 12.1 Å². The Labute approximate surface area is 130 Å². The van der Waals surface area contributed by atoms with Crippen LogP contribution in [-0.2, 0) is 6.42 Å². The second-order valence-electron chi connectivity index (χ2n) is 5.52. The summed E-state index contributed by atoms with van der Waals surface area (Å²) in [6, 6.07) is 4.96. The highest BCUT2D eigenvalue weighted by Gasteiger charge is 2.17. The van der Waals surface area contributed by atoms with E-state index >= 15 is 0 Å². The van der Waals surface area contributed by atoms with E-state index in [-0.39, 0.29) is 5.82 Å². The second kappa shape index (κ2) is 8.26. The molecule has 0 radical (unpaired) electrons. The molecule has 0 spiro atoms. The molecule has 1 aliphatic carbocycles. The van der Waals surface area contributed by atoms with Gasteiger partial charge in [-0.25, -0.2) is 4.39 Å². The number of rotatable bonds is 6. The quantitative estimate of drug-likeness (QED) is 0.818. The van der Waals surface area contributed by atoms with Gasteiger partial charge in [-0.15, -0.1) is 0 Å². The van der Waals surface area contributed by atoms with Crippen LogP contribution < -0.4 is 5.32 Å². The van der Waals surface area contributed by atoms with Crippen molar-refractivity contribution in [1.29, 1.82) is 0 Å². The van der Waals surface area contributed by atoms with E-state index in [0.717, 1.165) is 23.0 Å². The van der Waals surface area contributed by atoms with Crippen LogP contribution in [0, 0.1) is 5.82 Å². The summed E-state index contributed by atoms with van der Waals surface area (Å²) in [4.78, 5) is 0. The highest BCUT2D eigenvalue weighted by atomic mass is 35.5. The third-order valence-electron chi connectivity index (χ3n) is 3.97. The Morgan fingerprint density at radius 1 is 1.35 bits per heavy atom. The predicted molar refractivity (Wildman–Crippen MR) is 87.3 cm³/mol. The van der Waals surface area contributed by atoms with Crippen molar-refractivity contribution in [3.63, 3.8) is 0 Å². The molecule has 0 amide bonds. The van der Waals surface area contributed by atoms with Crippen LogP contribution in [0.3, 0.4) is 0 Å². The van der Waals surface area contributed by atoms with Crippen LogP contribution in [0.4, 0.5) is 4.39 Å². The second-order valence-corrected chi connectivity index (χ2v) is 7.26.